The van der Waals surface area contributed by atoms with Crippen molar-refractivity contribution in [1.82, 2.24) is 4.98 Å². The van der Waals surface area contributed by atoms with Crippen LogP contribution in [0.2, 0.25) is 0 Å². The van der Waals surface area contributed by atoms with E-state index in [4.69, 9.17) is 10.5 Å². The fourth-order valence-corrected chi connectivity index (χ4v) is 6.14. The Kier molecular flexibility index (Phi) is 7.57. The highest BCUT2D eigenvalue weighted by atomic mass is 32.2. The number of aliphatic carboxylic acids is 1. The molecular formula is C21H22N2O6S3. The van der Waals surface area contributed by atoms with Crippen LogP contribution in [-0.4, -0.2) is 53.4 Å². The summed E-state index contributed by atoms with van der Waals surface area (Å²) in [5.41, 5.74) is 7.47. The fourth-order valence-electron chi connectivity index (χ4n) is 2.99. The van der Waals surface area contributed by atoms with Gasteiger partial charge in [0, 0.05) is 23.8 Å². The smallest absolute Gasteiger partial charge is 0.340 e. The topological polar surface area (TPSA) is 140 Å². The number of thioether (sulfide) groups is 1. The van der Waals surface area contributed by atoms with E-state index in [9.17, 15) is 23.4 Å². The maximum atomic E-state index is 13.1. The maximum Gasteiger partial charge on any atom is 0.340 e. The van der Waals surface area contributed by atoms with Gasteiger partial charge in [0.1, 0.15) is 10.1 Å². The molecule has 0 radical (unpaired) electrons. The molecule has 0 fully saturated rings. The monoisotopic (exact) mass is 494 g/mol. The van der Waals surface area contributed by atoms with E-state index >= 15 is 0 Å². The summed E-state index contributed by atoms with van der Waals surface area (Å²) in [6, 6.07) is 13.0. The van der Waals surface area contributed by atoms with E-state index in [1.54, 1.807) is 43.0 Å². The van der Waals surface area contributed by atoms with Crippen LogP contribution in [0, 0.1) is 0 Å². The van der Waals surface area contributed by atoms with Crippen LogP contribution < -0.4 is 10.5 Å². The molecule has 170 valence electrons. The molecule has 0 bridgehead atoms. The molecule has 2 unspecified atom stereocenters. The van der Waals surface area contributed by atoms with Crippen molar-refractivity contribution in [3.8, 4) is 16.9 Å². The molecule has 2 atom stereocenters. The van der Waals surface area contributed by atoms with Crippen LogP contribution in [0.15, 0.2) is 69.3 Å². The number of nitrogens with two attached hydrogens (primary N) is 1. The second-order valence-corrected chi connectivity index (χ2v) is 11.3. The summed E-state index contributed by atoms with van der Waals surface area (Å²) < 4.78 is 32.1. The molecule has 1 aromatic heterocycles. The second kappa shape index (κ2) is 10.0. The van der Waals surface area contributed by atoms with Crippen LogP contribution in [0.5, 0.6) is 5.75 Å². The molecule has 3 rings (SSSR count). The lowest BCUT2D eigenvalue weighted by Gasteiger charge is -2.27. The number of aromatic nitrogens is 1. The van der Waals surface area contributed by atoms with Gasteiger partial charge in [0.05, 0.1) is 18.1 Å². The standard InChI is InChI=1S/C21H22N2O6S3/c1-29-17-6-2-14(3-7-17)15-4-8-18(9-5-15)32(27,28)21(22,19(25)26)12-16(24)13-31-20-23-10-11-30-20/h2-11,16,24H,12-13,22H2,1H3,(H,25,26). The number of benzene rings is 2. The Hall–Kier alpha value is -2.44. The highest BCUT2D eigenvalue weighted by Crippen LogP contribution is 2.31. The van der Waals surface area contributed by atoms with Crippen molar-refractivity contribution in [1.29, 1.82) is 0 Å². The molecule has 2 aromatic carbocycles. The number of rotatable bonds is 10. The van der Waals surface area contributed by atoms with Gasteiger partial charge in [-0.1, -0.05) is 36.0 Å². The number of methoxy groups -OCH3 is 1. The van der Waals surface area contributed by atoms with Gasteiger partial charge >= 0.3 is 5.97 Å². The number of hydrogen-bond donors (Lipinski definition) is 3. The van der Waals surface area contributed by atoms with Gasteiger partial charge in [-0.2, -0.15) is 0 Å². The molecule has 0 saturated heterocycles. The number of carboxylic acid groups (broad SMARTS) is 1. The summed E-state index contributed by atoms with van der Waals surface area (Å²) in [5.74, 6) is -0.977. The van der Waals surface area contributed by atoms with Gasteiger partial charge in [-0.25, -0.2) is 18.2 Å². The van der Waals surface area contributed by atoms with E-state index in [0.717, 1.165) is 11.1 Å². The zero-order chi connectivity index (χ0) is 23.4. The Morgan fingerprint density at radius 3 is 2.28 bits per heavy atom. The van der Waals surface area contributed by atoms with Crippen molar-refractivity contribution in [2.45, 2.75) is 26.6 Å². The third-order valence-corrected chi connectivity index (χ3v) is 9.08. The number of hydrogen-bond acceptors (Lipinski definition) is 9. The van der Waals surface area contributed by atoms with Crippen molar-refractivity contribution in [2.24, 2.45) is 5.73 Å². The van der Waals surface area contributed by atoms with Gasteiger partial charge in [-0.15, -0.1) is 11.3 Å². The molecule has 32 heavy (non-hydrogen) atoms. The first kappa shape index (κ1) is 24.2. The van der Waals surface area contributed by atoms with Gasteiger partial charge in [0.2, 0.25) is 14.7 Å². The molecule has 11 heteroatoms. The number of carboxylic acids is 1. The number of thiazole rings is 1. The van der Waals surface area contributed by atoms with E-state index in [2.05, 4.69) is 4.98 Å². The first-order valence-electron chi connectivity index (χ1n) is 9.39. The van der Waals surface area contributed by atoms with Crippen molar-refractivity contribution in [2.75, 3.05) is 12.9 Å². The minimum atomic E-state index is -4.50. The van der Waals surface area contributed by atoms with E-state index < -0.39 is 33.2 Å². The summed E-state index contributed by atoms with van der Waals surface area (Å²) in [6.07, 6.45) is -0.328. The van der Waals surface area contributed by atoms with Crippen molar-refractivity contribution >= 4 is 38.9 Å². The first-order chi connectivity index (χ1) is 15.2. The molecule has 0 spiro atoms. The largest absolute Gasteiger partial charge is 0.497 e. The highest BCUT2D eigenvalue weighted by molar-refractivity contribution is 8.01. The first-order valence-corrected chi connectivity index (χ1v) is 12.7. The number of ether oxygens (including phenoxy) is 1. The Bertz CT molecular complexity index is 1150. The molecule has 1 heterocycles. The van der Waals surface area contributed by atoms with Crippen molar-refractivity contribution < 1.29 is 28.2 Å². The van der Waals surface area contributed by atoms with Crippen molar-refractivity contribution in [3.63, 3.8) is 0 Å². The molecule has 0 aliphatic heterocycles. The number of aliphatic hydroxyl groups excluding tert-OH is 1. The Morgan fingerprint density at radius 2 is 1.78 bits per heavy atom. The molecule has 0 aliphatic rings. The lowest BCUT2D eigenvalue weighted by Crippen LogP contribution is -2.56. The van der Waals surface area contributed by atoms with Gasteiger partial charge in [-0.05, 0) is 35.4 Å². The van der Waals surface area contributed by atoms with E-state index in [0.29, 0.717) is 10.1 Å². The average Bonchev–Trinajstić information content (AvgIpc) is 3.31. The van der Waals surface area contributed by atoms with Crippen molar-refractivity contribution in [3.05, 3.63) is 60.1 Å². The maximum absolute atomic E-state index is 13.1. The zero-order valence-corrected chi connectivity index (χ0v) is 19.5. The zero-order valence-electron chi connectivity index (χ0n) is 17.0. The number of sulfone groups is 1. The molecule has 4 N–H and O–H groups in total. The minimum absolute atomic E-state index is 0.0612. The molecule has 0 amide bonds. The third-order valence-electron chi connectivity index (χ3n) is 4.78. The van der Waals surface area contributed by atoms with E-state index in [-0.39, 0.29) is 10.6 Å². The van der Waals surface area contributed by atoms with E-state index in [1.165, 1.54) is 35.2 Å². The Morgan fingerprint density at radius 1 is 1.19 bits per heavy atom. The van der Waals surface area contributed by atoms with E-state index in [1.807, 2.05) is 12.1 Å². The molecule has 3 aromatic rings. The SMILES string of the molecule is COc1ccc(-c2ccc(S(=O)(=O)C(N)(CC(O)CSc3nccs3)C(=O)O)cc2)cc1. The summed E-state index contributed by atoms with van der Waals surface area (Å²) in [5, 5.41) is 21.7. The Labute approximate surface area is 194 Å². The fraction of sp³-hybridized carbons (Fsp3) is 0.238. The lowest BCUT2D eigenvalue weighted by molar-refractivity contribution is -0.140. The van der Waals surface area contributed by atoms with Gasteiger partial charge in [-0.3, -0.25) is 0 Å². The number of nitrogens with zero attached hydrogens (tertiary/aromatic N) is 1. The summed E-state index contributed by atoms with van der Waals surface area (Å²) in [6.45, 7) is 0. The predicted molar refractivity (Wildman–Crippen MR) is 124 cm³/mol. The highest BCUT2D eigenvalue weighted by Gasteiger charge is 2.49. The lowest BCUT2D eigenvalue weighted by atomic mass is 10.1. The molecule has 0 aliphatic carbocycles. The van der Waals surface area contributed by atoms with Crippen LogP contribution in [0.4, 0.5) is 0 Å². The summed E-state index contributed by atoms with van der Waals surface area (Å²) in [7, 11) is -2.94. The summed E-state index contributed by atoms with van der Waals surface area (Å²) in [4.78, 5) is 13.1. The van der Waals surface area contributed by atoms with Crippen LogP contribution >= 0.6 is 23.1 Å². The van der Waals surface area contributed by atoms with Crippen LogP contribution in [0.3, 0.4) is 0 Å². The quantitative estimate of drug-likeness (QED) is 0.363. The predicted octanol–water partition coefficient (Wildman–Crippen LogP) is 2.88. The average molecular weight is 495 g/mol. The normalized spacial score (nSPS) is 14.5. The summed E-state index contributed by atoms with van der Waals surface area (Å²) >= 11 is 2.56. The minimum Gasteiger partial charge on any atom is -0.497 e. The second-order valence-electron chi connectivity index (χ2n) is 6.92. The molecule has 0 saturated carbocycles. The van der Waals surface area contributed by atoms with Crippen LogP contribution in [0.25, 0.3) is 11.1 Å². The molecular weight excluding hydrogens is 472 g/mol. The van der Waals surface area contributed by atoms with Gasteiger partial charge in [0.25, 0.3) is 0 Å². The molecule has 8 nitrogen and oxygen atoms in total. The number of aliphatic hydroxyl groups is 1. The van der Waals surface area contributed by atoms with Crippen LogP contribution in [0.1, 0.15) is 6.42 Å². The number of carbonyl (C=O) groups is 1. The van der Waals surface area contributed by atoms with Gasteiger partial charge < -0.3 is 20.7 Å². The van der Waals surface area contributed by atoms with Crippen LogP contribution in [-0.2, 0) is 14.6 Å². The Balaban J connectivity index is 1.80. The van der Waals surface area contributed by atoms with Gasteiger partial charge in [0.15, 0.2) is 0 Å². The third kappa shape index (κ3) is 5.13.